The molecule has 0 saturated carbocycles. The van der Waals surface area contributed by atoms with Crippen LogP contribution in [0.15, 0.2) is 22.7 Å². The monoisotopic (exact) mass is 314 g/mol. The van der Waals surface area contributed by atoms with Crippen LogP contribution in [0.25, 0.3) is 10.6 Å². The van der Waals surface area contributed by atoms with Crippen molar-refractivity contribution < 1.29 is 19.2 Å². The summed E-state index contributed by atoms with van der Waals surface area (Å²) in [5.41, 5.74) is 0.153. The fourth-order valence-corrected chi connectivity index (χ4v) is 2.47. The number of carbonyl (C=O) groups excluding carboxylic acids is 1. The lowest BCUT2D eigenvalue weighted by molar-refractivity contribution is -0.137. The molecule has 20 heavy (non-hydrogen) atoms. The van der Waals surface area contributed by atoms with Gasteiger partial charge in [-0.1, -0.05) is 16.8 Å². The van der Waals surface area contributed by atoms with Crippen LogP contribution < -0.4 is 5.32 Å². The highest BCUT2D eigenvalue weighted by atomic mass is 35.5. The molecule has 2 aromatic heterocycles. The predicted octanol–water partition coefficient (Wildman–Crippen LogP) is 2.65. The van der Waals surface area contributed by atoms with Gasteiger partial charge in [-0.15, -0.1) is 11.3 Å². The fourth-order valence-electron chi connectivity index (χ4n) is 1.48. The molecule has 2 N–H and O–H groups in total. The number of amides is 1. The average Bonchev–Trinajstić information content (AvgIpc) is 3.02. The smallest absolute Gasteiger partial charge is 0.303 e. The second kappa shape index (κ2) is 6.53. The summed E-state index contributed by atoms with van der Waals surface area (Å²) in [4.78, 5) is 22.8. The van der Waals surface area contributed by atoms with E-state index in [1.54, 1.807) is 12.1 Å². The molecule has 6 nitrogen and oxygen atoms in total. The summed E-state index contributed by atoms with van der Waals surface area (Å²) in [7, 11) is 0. The zero-order valence-corrected chi connectivity index (χ0v) is 11.8. The molecule has 0 fully saturated rings. The Labute approximate surface area is 123 Å². The van der Waals surface area contributed by atoms with E-state index in [4.69, 9.17) is 21.2 Å². The molecule has 0 atom stereocenters. The minimum atomic E-state index is -0.891. The molecule has 1 amide bonds. The van der Waals surface area contributed by atoms with E-state index in [1.165, 1.54) is 17.4 Å². The molecule has 0 aromatic carbocycles. The van der Waals surface area contributed by atoms with Crippen LogP contribution in [0.1, 0.15) is 23.3 Å². The first-order chi connectivity index (χ1) is 9.56. The van der Waals surface area contributed by atoms with Gasteiger partial charge in [0.25, 0.3) is 5.91 Å². The maximum atomic E-state index is 11.7. The lowest BCUT2D eigenvalue weighted by Crippen LogP contribution is -2.25. The number of halogens is 1. The molecule has 2 aromatic rings. The van der Waals surface area contributed by atoms with E-state index in [0.717, 1.165) is 4.88 Å². The number of carboxylic acid groups (broad SMARTS) is 1. The number of hydrogen-bond donors (Lipinski definition) is 2. The number of nitrogens with one attached hydrogen (secondary N) is 1. The minimum absolute atomic E-state index is 0.0119. The zero-order chi connectivity index (χ0) is 14.5. The third kappa shape index (κ3) is 3.82. The summed E-state index contributed by atoms with van der Waals surface area (Å²) < 4.78 is 5.70. The van der Waals surface area contributed by atoms with Crippen molar-refractivity contribution in [1.82, 2.24) is 10.5 Å². The Kier molecular flexibility index (Phi) is 4.75. The Bertz CT molecular complexity index is 623. The Morgan fingerprint density at radius 2 is 2.25 bits per heavy atom. The summed E-state index contributed by atoms with van der Waals surface area (Å²) in [5, 5.41) is 14.7. The average molecular weight is 315 g/mol. The summed E-state index contributed by atoms with van der Waals surface area (Å²) >= 11 is 7.14. The van der Waals surface area contributed by atoms with Gasteiger partial charge in [-0.05, 0) is 18.6 Å². The van der Waals surface area contributed by atoms with Crippen LogP contribution in [0, 0.1) is 0 Å². The molecule has 0 radical (unpaired) electrons. The molecule has 0 bridgehead atoms. The number of carboxylic acids is 1. The van der Waals surface area contributed by atoms with Crippen LogP contribution in [0.4, 0.5) is 0 Å². The van der Waals surface area contributed by atoms with Crippen molar-refractivity contribution in [3.63, 3.8) is 0 Å². The molecule has 0 aliphatic carbocycles. The van der Waals surface area contributed by atoms with Crippen molar-refractivity contribution in [2.24, 2.45) is 0 Å². The molecule has 2 rings (SSSR count). The van der Waals surface area contributed by atoms with Gasteiger partial charge in [0.05, 0.1) is 9.21 Å². The molecular weight excluding hydrogens is 304 g/mol. The van der Waals surface area contributed by atoms with E-state index < -0.39 is 11.9 Å². The zero-order valence-electron chi connectivity index (χ0n) is 10.3. The van der Waals surface area contributed by atoms with Crippen molar-refractivity contribution in [3.8, 4) is 10.6 Å². The number of nitrogens with zero attached hydrogens (tertiary/aromatic N) is 1. The summed E-state index contributed by atoms with van der Waals surface area (Å²) in [5.74, 6) is -0.817. The van der Waals surface area contributed by atoms with Crippen molar-refractivity contribution >= 4 is 34.8 Å². The Morgan fingerprint density at radius 1 is 1.45 bits per heavy atom. The van der Waals surface area contributed by atoms with Gasteiger partial charge in [-0.2, -0.15) is 0 Å². The molecule has 0 spiro atoms. The predicted molar refractivity (Wildman–Crippen MR) is 74.0 cm³/mol. The van der Waals surface area contributed by atoms with Crippen LogP contribution in [0.5, 0.6) is 0 Å². The fraction of sp³-hybridized carbons (Fsp3) is 0.250. The number of aliphatic carboxylic acids is 1. The quantitative estimate of drug-likeness (QED) is 0.800. The summed E-state index contributed by atoms with van der Waals surface area (Å²) in [6.07, 6.45) is 0.379. The minimum Gasteiger partial charge on any atom is -0.481 e. The first-order valence-corrected chi connectivity index (χ1v) is 6.98. The van der Waals surface area contributed by atoms with Gasteiger partial charge < -0.3 is 14.9 Å². The number of rotatable bonds is 6. The Balaban J connectivity index is 1.91. The highest BCUT2D eigenvalue weighted by Crippen LogP contribution is 2.31. The largest absolute Gasteiger partial charge is 0.481 e. The lowest BCUT2D eigenvalue weighted by Gasteiger charge is -1.99. The number of aromatic nitrogens is 1. The van der Waals surface area contributed by atoms with E-state index in [2.05, 4.69) is 10.5 Å². The van der Waals surface area contributed by atoms with Crippen LogP contribution >= 0.6 is 22.9 Å². The molecule has 106 valence electrons. The number of hydrogen-bond acceptors (Lipinski definition) is 5. The van der Waals surface area contributed by atoms with Crippen molar-refractivity contribution in [2.45, 2.75) is 12.8 Å². The highest BCUT2D eigenvalue weighted by Gasteiger charge is 2.14. The topological polar surface area (TPSA) is 92.4 Å². The lowest BCUT2D eigenvalue weighted by atomic mass is 10.3. The second-order valence-corrected chi connectivity index (χ2v) is 5.65. The molecule has 0 aliphatic rings. The molecule has 0 saturated heterocycles. The van der Waals surface area contributed by atoms with Crippen LogP contribution in [-0.2, 0) is 4.79 Å². The molecule has 0 aliphatic heterocycles. The third-order valence-corrected chi connectivity index (χ3v) is 3.66. The maximum Gasteiger partial charge on any atom is 0.303 e. The van der Waals surface area contributed by atoms with Gasteiger partial charge in [0.2, 0.25) is 0 Å². The Morgan fingerprint density at radius 3 is 2.90 bits per heavy atom. The standard InChI is InChI=1S/C12H11ClN2O4S/c13-10-4-3-9(20-10)8-6-7(15-19-8)12(18)14-5-1-2-11(16)17/h3-4,6H,1-2,5H2,(H,14,18)(H,16,17). The molecule has 2 heterocycles. The summed E-state index contributed by atoms with van der Waals surface area (Å²) in [6.45, 7) is 0.276. The van der Waals surface area contributed by atoms with Crippen LogP contribution in [0.3, 0.4) is 0 Å². The second-order valence-electron chi connectivity index (χ2n) is 3.93. The maximum absolute atomic E-state index is 11.7. The normalized spacial score (nSPS) is 10.4. The number of carbonyl (C=O) groups is 2. The first kappa shape index (κ1) is 14.5. The summed E-state index contributed by atoms with van der Waals surface area (Å²) in [6, 6.07) is 5.03. The molecular formula is C12H11ClN2O4S. The highest BCUT2D eigenvalue weighted by molar-refractivity contribution is 7.19. The van der Waals surface area contributed by atoms with Gasteiger partial charge in [0.15, 0.2) is 11.5 Å². The van der Waals surface area contributed by atoms with Gasteiger partial charge in [-0.3, -0.25) is 9.59 Å². The Hall–Kier alpha value is -1.86. The van der Waals surface area contributed by atoms with Gasteiger partial charge in [0, 0.05) is 19.0 Å². The molecule has 0 unspecified atom stereocenters. The van der Waals surface area contributed by atoms with Gasteiger partial charge in [0.1, 0.15) is 0 Å². The first-order valence-electron chi connectivity index (χ1n) is 5.78. The van der Waals surface area contributed by atoms with E-state index in [0.29, 0.717) is 16.5 Å². The van der Waals surface area contributed by atoms with Crippen molar-refractivity contribution in [2.75, 3.05) is 6.54 Å². The van der Waals surface area contributed by atoms with E-state index in [9.17, 15) is 9.59 Å². The van der Waals surface area contributed by atoms with E-state index >= 15 is 0 Å². The van der Waals surface area contributed by atoms with Gasteiger partial charge >= 0.3 is 5.97 Å². The van der Waals surface area contributed by atoms with Crippen LogP contribution in [-0.4, -0.2) is 28.7 Å². The van der Waals surface area contributed by atoms with E-state index in [1.807, 2.05) is 0 Å². The SMILES string of the molecule is O=C(O)CCCNC(=O)c1cc(-c2ccc(Cl)s2)on1. The number of thiophene rings is 1. The van der Waals surface area contributed by atoms with Gasteiger partial charge in [-0.25, -0.2) is 0 Å². The third-order valence-electron chi connectivity index (χ3n) is 2.41. The molecule has 8 heteroatoms. The van der Waals surface area contributed by atoms with Crippen molar-refractivity contribution in [1.29, 1.82) is 0 Å². The van der Waals surface area contributed by atoms with Crippen LogP contribution in [0.2, 0.25) is 4.34 Å². The van der Waals surface area contributed by atoms with Crippen molar-refractivity contribution in [3.05, 3.63) is 28.2 Å². The van der Waals surface area contributed by atoms with E-state index in [-0.39, 0.29) is 18.7 Å².